The fourth-order valence-corrected chi connectivity index (χ4v) is 4.14. The van der Waals surface area contributed by atoms with Crippen LogP contribution in [0.4, 0.5) is 0 Å². The van der Waals surface area contributed by atoms with Gasteiger partial charge in [0.15, 0.2) is 10.9 Å². The summed E-state index contributed by atoms with van der Waals surface area (Å²) >= 11 is 1.60. The Labute approximate surface area is 156 Å². The number of furan rings is 1. The van der Waals surface area contributed by atoms with Crippen molar-refractivity contribution in [2.24, 2.45) is 7.05 Å². The molecule has 7 heteroatoms. The van der Waals surface area contributed by atoms with Gasteiger partial charge in [0.25, 0.3) is 5.91 Å². The number of amides is 1. The molecule has 0 spiro atoms. The van der Waals surface area contributed by atoms with Crippen molar-refractivity contribution in [3.63, 3.8) is 0 Å². The molecule has 6 nitrogen and oxygen atoms in total. The third-order valence-corrected chi connectivity index (χ3v) is 5.87. The average Bonchev–Trinajstić information content (AvgIpc) is 3.42. The third-order valence-electron chi connectivity index (χ3n) is 4.79. The summed E-state index contributed by atoms with van der Waals surface area (Å²) in [6.45, 7) is 1.53. The van der Waals surface area contributed by atoms with Crippen molar-refractivity contribution in [2.45, 2.75) is 29.8 Å². The molecule has 1 fully saturated rings. The van der Waals surface area contributed by atoms with Gasteiger partial charge in [-0.1, -0.05) is 11.8 Å². The maximum absolute atomic E-state index is 12.7. The predicted molar refractivity (Wildman–Crippen MR) is 100 cm³/mol. The molecule has 3 aromatic heterocycles. The van der Waals surface area contributed by atoms with Crippen LogP contribution >= 0.6 is 11.8 Å². The summed E-state index contributed by atoms with van der Waals surface area (Å²) in [5.41, 5.74) is 0. The molecule has 4 heterocycles. The number of aryl methyl sites for hydroxylation is 1. The fourth-order valence-electron chi connectivity index (χ4n) is 3.31. The lowest BCUT2D eigenvalue weighted by molar-refractivity contribution is 0.0661. The topological polar surface area (TPSA) is 56.2 Å². The van der Waals surface area contributed by atoms with Crippen LogP contribution in [-0.4, -0.2) is 38.0 Å². The van der Waals surface area contributed by atoms with Gasteiger partial charge >= 0.3 is 0 Å². The van der Waals surface area contributed by atoms with E-state index in [-0.39, 0.29) is 5.91 Å². The summed E-state index contributed by atoms with van der Waals surface area (Å²) in [6.07, 6.45) is 9.83. The highest BCUT2D eigenvalue weighted by atomic mass is 32.2. The zero-order chi connectivity index (χ0) is 17.9. The van der Waals surface area contributed by atoms with E-state index in [9.17, 15) is 4.79 Å². The van der Waals surface area contributed by atoms with E-state index in [0.717, 1.165) is 36.8 Å². The maximum atomic E-state index is 12.7. The Morgan fingerprint density at radius 3 is 2.69 bits per heavy atom. The van der Waals surface area contributed by atoms with E-state index in [0.29, 0.717) is 17.6 Å². The number of hydrogen-bond acceptors (Lipinski definition) is 4. The molecule has 136 valence electrons. The lowest BCUT2D eigenvalue weighted by Crippen LogP contribution is -2.38. The maximum Gasteiger partial charge on any atom is 0.289 e. The van der Waals surface area contributed by atoms with Crippen molar-refractivity contribution in [2.75, 3.05) is 13.1 Å². The lowest BCUT2D eigenvalue weighted by atomic mass is 10.0. The first-order valence-corrected chi connectivity index (χ1v) is 9.80. The number of nitrogens with zero attached hydrogens (tertiary/aromatic N) is 4. The van der Waals surface area contributed by atoms with E-state index in [1.165, 1.54) is 0 Å². The summed E-state index contributed by atoms with van der Waals surface area (Å²) < 4.78 is 9.99. The first kappa shape index (κ1) is 17.0. The first-order chi connectivity index (χ1) is 12.7. The van der Waals surface area contributed by atoms with E-state index in [2.05, 4.69) is 21.9 Å². The molecule has 0 radical (unpaired) electrons. The van der Waals surface area contributed by atoms with Crippen LogP contribution in [0.3, 0.4) is 0 Å². The number of carbonyl (C=O) groups excluding carboxylic acids is 1. The van der Waals surface area contributed by atoms with Crippen molar-refractivity contribution in [1.29, 1.82) is 0 Å². The minimum absolute atomic E-state index is 0.0100. The monoisotopic (exact) mass is 370 g/mol. The quantitative estimate of drug-likeness (QED) is 0.644. The molecular weight excluding hydrogens is 348 g/mol. The molecule has 0 aliphatic carbocycles. The molecular formula is C19H22N4O2S. The van der Waals surface area contributed by atoms with Crippen LogP contribution in [0.2, 0.25) is 0 Å². The Hall–Kier alpha value is -2.41. The molecule has 0 unspecified atom stereocenters. The largest absolute Gasteiger partial charge is 0.455 e. The Kier molecular flexibility index (Phi) is 4.88. The minimum atomic E-state index is -0.0100. The Morgan fingerprint density at radius 1 is 1.23 bits per heavy atom. The van der Waals surface area contributed by atoms with Crippen LogP contribution in [-0.2, 0) is 12.8 Å². The van der Waals surface area contributed by atoms with Crippen molar-refractivity contribution < 1.29 is 9.21 Å². The SMILES string of the molecule is Cn1ccnc1SCc1ccc(C(=O)N2CCC(n3cccc3)CC2)o1. The summed E-state index contributed by atoms with van der Waals surface area (Å²) in [6, 6.07) is 8.25. The minimum Gasteiger partial charge on any atom is -0.455 e. The number of thioether (sulfide) groups is 1. The van der Waals surface area contributed by atoms with Crippen LogP contribution < -0.4 is 0 Å². The van der Waals surface area contributed by atoms with Crippen molar-refractivity contribution >= 4 is 17.7 Å². The highest BCUT2D eigenvalue weighted by Gasteiger charge is 2.26. The van der Waals surface area contributed by atoms with Gasteiger partial charge < -0.3 is 18.5 Å². The zero-order valence-electron chi connectivity index (χ0n) is 14.7. The van der Waals surface area contributed by atoms with E-state index in [1.807, 2.05) is 40.9 Å². The Balaban J connectivity index is 1.33. The summed E-state index contributed by atoms with van der Waals surface area (Å²) in [5.74, 6) is 1.88. The second-order valence-electron chi connectivity index (χ2n) is 6.53. The van der Waals surface area contributed by atoms with Crippen molar-refractivity contribution in [1.82, 2.24) is 19.0 Å². The molecule has 1 aliphatic heterocycles. The standard InChI is InChI=1S/C19H22N4O2S/c1-21-13-8-20-19(21)26-14-16-4-5-17(25-16)18(24)23-11-6-15(7-12-23)22-9-2-3-10-22/h2-5,8-10,13,15H,6-7,11-12,14H2,1H3. The zero-order valence-corrected chi connectivity index (χ0v) is 15.6. The number of piperidine rings is 1. The van der Waals surface area contributed by atoms with Gasteiger partial charge in [0.1, 0.15) is 5.76 Å². The Bertz CT molecular complexity index is 860. The second kappa shape index (κ2) is 7.45. The lowest BCUT2D eigenvalue weighted by Gasteiger charge is -2.32. The fraction of sp³-hybridized carbons (Fsp3) is 0.368. The first-order valence-electron chi connectivity index (χ1n) is 8.81. The molecule has 0 atom stereocenters. The summed E-state index contributed by atoms with van der Waals surface area (Å²) in [5, 5.41) is 0.932. The van der Waals surface area contributed by atoms with E-state index in [1.54, 1.807) is 24.0 Å². The Morgan fingerprint density at radius 2 is 2.00 bits per heavy atom. The summed E-state index contributed by atoms with van der Waals surface area (Å²) in [7, 11) is 1.96. The number of rotatable bonds is 5. The molecule has 4 rings (SSSR count). The van der Waals surface area contributed by atoms with Crippen LogP contribution in [0.1, 0.15) is 35.2 Å². The van der Waals surface area contributed by atoms with Crippen LogP contribution in [0, 0.1) is 0 Å². The van der Waals surface area contributed by atoms with Gasteiger partial charge in [-0.25, -0.2) is 4.98 Å². The molecule has 26 heavy (non-hydrogen) atoms. The third kappa shape index (κ3) is 3.58. The molecule has 0 saturated carbocycles. The van der Waals surface area contributed by atoms with E-state index < -0.39 is 0 Å². The van der Waals surface area contributed by atoms with Gasteiger partial charge in [0.2, 0.25) is 0 Å². The number of aromatic nitrogens is 3. The van der Waals surface area contributed by atoms with Crippen LogP contribution in [0.25, 0.3) is 0 Å². The van der Waals surface area contributed by atoms with Crippen LogP contribution in [0.15, 0.2) is 58.6 Å². The molecule has 1 amide bonds. The van der Waals surface area contributed by atoms with Gasteiger partial charge in [-0.2, -0.15) is 0 Å². The van der Waals surface area contributed by atoms with Gasteiger partial charge in [0, 0.05) is 51.0 Å². The molecule has 1 saturated heterocycles. The van der Waals surface area contributed by atoms with Gasteiger partial charge in [-0.05, 0) is 37.1 Å². The summed E-state index contributed by atoms with van der Waals surface area (Å²) in [4.78, 5) is 18.9. The molecule has 0 aromatic carbocycles. The molecule has 1 aliphatic rings. The van der Waals surface area contributed by atoms with Crippen molar-refractivity contribution in [3.8, 4) is 0 Å². The number of hydrogen-bond donors (Lipinski definition) is 0. The molecule has 0 N–H and O–H groups in total. The van der Waals surface area contributed by atoms with Gasteiger partial charge in [-0.3, -0.25) is 4.79 Å². The van der Waals surface area contributed by atoms with E-state index in [4.69, 9.17) is 4.42 Å². The normalized spacial score (nSPS) is 15.5. The number of likely N-dealkylation sites (tertiary alicyclic amines) is 1. The smallest absolute Gasteiger partial charge is 0.289 e. The number of carbonyl (C=O) groups is 1. The molecule has 0 bridgehead atoms. The number of imidazole rings is 1. The highest BCUT2D eigenvalue weighted by Crippen LogP contribution is 2.25. The van der Waals surface area contributed by atoms with E-state index >= 15 is 0 Å². The average molecular weight is 370 g/mol. The highest BCUT2D eigenvalue weighted by molar-refractivity contribution is 7.98. The second-order valence-corrected chi connectivity index (χ2v) is 7.47. The van der Waals surface area contributed by atoms with Crippen LogP contribution in [0.5, 0.6) is 0 Å². The van der Waals surface area contributed by atoms with Crippen molar-refractivity contribution in [3.05, 3.63) is 60.6 Å². The molecule has 3 aromatic rings. The predicted octanol–water partition coefficient (Wildman–Crippen LogP) is 3.58. The van der Waals surface area contributed by atoms with Gasteiger partial charge in [-0.15, -0.1) is 0 Å². The van der Waals surface area contributed by atoms with Gasteiger partial charge in [0.05, 0.1) is 5.75 Å².